The van der Waals surface area contributed by atoms with Crippen molar-refractivity contribution in [2.24, 2.45) is 5.73 Å². The predicted molar refractivity (Wildman–Crippen MR) is 79.1 cm³/mol. The molecule has 0 aliphatic rings. The third-order valence-electron chi connectivity index (χ3n) is 2.76. The summed E-state index contributed by atoms with van der Waals surface area (Å²) in [5.41, 5.74) is 6.38. The summed E-state index contributed by atoms with van der Waals surface area (Å²) >= 11 is 1.60. The van der Waals surface area contributed by atoms with Crippen LogP contribution >= 0.6 is 11.8 Å². The van der Waals surface area contributed by atoms with Crippen molar-refractivity contribution in [2.45, 2.75) is 11.4 Å². The fraction of sp³-hybridized carbons (Fsp3) is 0.500. The molecule has 0 saturated heterocycles. The molecule has 0 heterocycles. The van der Waals surface area contributed by atoms with Gasteiger partial charge in [0.25, 0.3) is 0 Å². The number of benzene rings is 1. The van der Waals surface area contributed by atoms with E-state index in [1.807, 2.05) is 6.26 Å². The van der Waals surface area contributed by atoms with Gasteiger partial charge in [0, 0.05) is 25.9 Å². The summed E-state index contributed by atoms with van der Waals surface area (Å²) in [5, 5.41) is 0. The van der Waals surface area contributed by atoms with Crippen molar-refractivity contribution >= 4 is 21.8 Å². The molecule has 0 fully saturated rings. The lowest BCUT2D eigenvalue weighted by atomic mass is 10.2. The molecular weight excluding hydrogens is 284 g/mol. The molecule has 108 valence electrons. The number of nitrogens with zero attached hydrogens (tertiary/aromatic N) is 1. The third kappa shape index (κ3) is 3.85. The molecule has 0 aromatic heterocycles. The first-order valence-corrected chi connectivity index (χ1v) is 8.63. The van der Waals surface area contributed by atoms with Gasteiger partial charge in [-0.05, 0) is 24.0 Å². The number of ether oxygens (including phenoxy) is 1. The number of nitrogens with two attached hydrogens (primary N) is 1. The van der Waals surface area contributed by atoms with Crippen LogP contribution in [0.25, 0.3) is 0 Å². The summed E-state index contributed by atoms with van der Waals surface area (Å²) in [6, 6.07) is 4.92. The zero-order valence-corrected chi connectivity index (χ0v) is 13.1. The molecule has 7 heteroatoms. The number of rotatable bonds is 7. The van der Waals surface area contributed by atoms with Crippen LogP contribution in [0.1, 0.15) is 5.56 Å². The highest BCUT2D eigenvalue weighted by molar-refractivity contribution is 7.98. The van der Waals surface area contributed by atoms with Crippen LogP contribution in [0.2, 0.25) is 0 Å². The van der Waals surface area contributed by atoms with Crippen LogP contribution in [0.15, 0.2) is 23.1 Å². The minimum absolute atomic E-state index is 0.177. The topological polar surface area (TPSA) is 72.6 Å². The molecule has 1 aromatic rings. The van der Waals surface area contributed by atoms with Gasteiger partial charge in [0.2, 0.25) is 10.0 Å². The van der Waals surface area contributed by atoms with Crippen molar-refractivity contribution in [3.05, 3.63) is 23.8 Å². The summed E-state index contributed by atoms with van der Waals surface area (Å²) in [6.45, 7) is 0.810. The second-order valence-electron chi connectivity index (χ2n) is 4.01. The molecule has 19 heavy (non-hydrogen) atoms. The smallest absolute Gasteiger partial charge is 0.246 e. The maximum Gasteiger partial charge on any atom is 0.246 e. The van der Waals surface area contributed by atoms with Crippen LogP contribution in [0.3, 0.4) is 0 Å². The second kappa shape index (κ2) is 7.14. The molecule has 0 amide bonds. The van der Waals surface area contributed by atoms with Crippen LogP contribution in [0, 0.1) is 0 Å². The van der Waals surface area contributed by atoms with E-state index in [-0.39, 0.29) is 4.90 Å². The Balaban J connectivity index is 3.13. The minimum Gasteiger partial charge on any atom is -0.495 e. The number of methoxy groups -OCH3 is 1. The average Bonchev–Trinajstić information content (AvgIpc) is 2.43. The number of thioether (sulfide) groups is 1. The standard InChI is InChI=1S/C12H20N2O3S2/c1-14(6-7-18-3)19(15,16)12-5-4-10(9-13)8-11(12)17-2/h4-5,8H,6-7,9,13H2,1-3H3. The van der Waals surface area contributed by atoms with Crippen LogP contribution in [0.4, 0.5) is 0 Å². The Morgan fingerprint density at radius 2 is 2.11 bits per heavy atom. The van der Waals surface area contributed by atoms with Gasteiger partial charge in [-0.3, -0.25) is 0 Å². The first-order chi connectivity index (χ1) is 8.97. The first kappa shape index (κ1) is 16.3. The summed E-state index contributed by atoms with van der Waals surface area (Å²) in [5.74, 6) is 1.08. The van der Waals surface area contributed by atoms with E-state index in [2.05, 4.69) is 0 Å². The summed E-state index contributed by atoms with van der Waals surface area (Å²) in [7, 11) is -0.499. The van der Waals surface area contributed by atoms with Crippen molar-refractivity contribution in [3.8, 4) is 5.75 Å². The number of hydrogen-bond donors (Lipinski definition) is 1. The molecule has 0 radical (unpaired) electrons. The largest absolute Gasteiger partial charge is 0.495 e. The van der Waals surface area contributed by atoms with E-state index in [9.17, 15) is 8.42 Å². The van der Waals surface area contributed by atoms with Gasteiger partial charge in [0.05, 0.1) is 7.11 Å². The molecule has 2 N–H and O–H groups in total. The van der Waals surface area contributed by atoms with Crippen LogP contribution in [-0.4, -0.2) is 45.4 Å². The van der Waals surface area contributed by atoms with E-state index >= 15 is 0 Å². The molecule has 0 bridgehead atoms. The van der Waals surface area contributed by atoms with Gasteiger partial charge in [0.15, 0.2) is 0 Å². The molecule has 0 spiro atoms. The Morgan fingerprint density at radius 3 is 2.63 bits per heavy atom. The molecular formula is C12H20N2O3S2. The van der Waals surface area contributed by atoms with E-state index in [1.165, 1.54) is 11.4 Å². The zero-order chi connectivity index (χ0) is 14.5. The van der Waals surface area contributed by atoms with Gasteiger partial charge in [-0.15, -0.1) is 0 Å². The van der Waals surface area contributed by atoms with E-state index in [0.717, 1.165) is 11.3 Å². The Morgan fingerprint density at radius 1 is 1.42 bits per heavy atom. The predicted octanol–water partition coefficient (Wildman–Crippen LogP) is 1.14. The Hall–Kier alpha value is -0.760. The average molecular weight is 304 g/mol. The number of hydrogen-bond acceptors (Lipinski definition) is 5. The van der Waals surface area contributed by atoms with Gasteiger partial charge >= 0.3 is 0 Å². The van der Waals surface area contributed by atoms with Crippen LogP contribution < -0.4 is 10.5 Å². The number of sulfonamides is 1. The van der Waals surface area contributed by atoms with E-state index in [0.29, 0.717) is 18.8 Å². The lowest BCUT2D eigenvalue weighted by Crippen LogP contribution is -2.29. The summed E-state index contributed by atoms with van der Waals surface area (Å²) < 4.78 is 31.3. The molecule has 0 aliphatic heterocycles. The molecule has 0 saturated carbocycles. The van der Waals surface area contributed by atoms with Gasteiger partial charge in [0.1, 0.15) is 10.6 Å². The highest BCUT2D eigenvalue weighted by atomic mass is 32.2. The normalized spacial score (nSPS) is 11.8. The van der Waals surface area contributed by atoms with Gasteiger partial charge in [-0.1, -0.05) is 6.07 Å². The third-order valence-corrected chi connectivity index (χ3v) is 5.25. The monoisotopic (exact) mass is 304 g/mol. The molecule has 0 unspecified atom stereocenters. The molecule has 1 rings (SSSR count). The maximum atomic E-state index is 12.4. The molecule has 1 aromatic carbocycles. The van der Waals surface area contributed by atoms with Crippen molar-refractivity contribution in [2.75, 3.05) is 32.7 Å². The fourth-order valence-corrected chi connectivity index (χ4v) is 3.44. The van der Waals surface area contributed by atoms with Gasteiger partial charge in [-0.25, -0.2) is 8.42 Å². The van der Waals surface area contributed by atoms with Gasteiger partial charge < -0.3 is 10.5 Å². The zero-order valence-electron chi connectivity index (χ0n) is 11.4. The van der Waals surface area contributed by atoms with Crippen LogP contribution in [-0.2, 0) is 16.6 Å². The summed E-state index contributed by atoms with van der Waals surface area (Å²) in [6.07, 6.45) is 1.94. The molecule has 5 nitrogen and oxygen atoms in total. The van der Waals surface area contributed by atoms with Crippen molar-refractivity contribution < 1.29 is 13.2 Å². The summed E-state index contributed by atoms with van der Waals surface area (Å²) in [4.78, 5) is 0.177. The second-order valence-corrected chi connectivity index (χ2v) is 7.01. The fourth-order valence-electron chi connectivity index (χ4n) is 1.56. The van der Waals surface area contributed by atoms with Crippen molar-refractivity contribution in [1.29, 1.82) is 0 Å². The Bertz CT molecular complexity index is 518. The van der Waals surface area contributed by atoms with E-state index < -0.39 is 10.0 Å². The van der Waals surface area contributed by atoms with E-state index in [4.69, 9.17) is 10.5 Å². The Labute approximate surface area is 119 Å². The maximum absolute atomic E-state index is 12.4. The quantitative estimate of drug-likeness (QED) is 0.818. The van der Waals surface area contributed by atoms with Crippen molar-refractivity contribution in [1.82, 2.24) is 4.31 Å². The van der Waals surface area contributed by atoms with E-state index in [1.54, 1.807) is 37.0 Å². The minimum atomic E-state index is -3.52. The van der Waals surface area contributed by atoms with Gasteiger partial charge in [-0.2, -0.15) is 16.1 Å². The lowest BCUT2D eigenvalue weighted by molar-refractivity contribution is 0.398. The highest BCUT2D eigenvalue weighted by Crippen LogP contribution is 2.27. The Kier molecular flexibility index (Phi) is 6.12. The first-order valence-electron chi connectivity index (χ1n) is 5.79. The SMILES string of the molecule is COc1cc(CN)ccc1S(=O)(=O)N(C)CCSC. The molecule has 0 aliphatic carbocycles. The van der Waals surface area contributed by atoms with Crippen molar-refractivity contribution in [3.63, 3.8) is 0 Å². The molecule has 0 atom stereocenters. The van der Waals surface area contributed by atoms with Crippen LogP contribution in [0.5, 0.6) is 5.75 Å². The lowest BCUT2D eigenvalue weighted by Gasteiger charge is -2.18. The highest BCUT2D eigenvalue weighted by Gasteiger charge is 2.24.